The minimum atomic E-state index is -2.94. The number of hydrogen-bond acceptors (Lipinski definition) is 4. The van der Waals surface area contributed by atoms with E-state index in [0.29, 0.717) is 18.1 Å². The molecule has 2 rings (SSSR count). The average molecular weight is 334 g/mol. The number of aryl methyl sites for hydroxylation is 1. The number of nitrogens with one attached hydrogen (secondary N) is 1. The van der Waals surface area contributed by atoms with Crippen LogP contribution in [-0.2, 0) is 16.4 Å². The maximum Gasteiger partial charge on any atom is 0.152 e. The summed E-state index contributed by atoms with van der Waals surface area (Å²) >= 11 is 6.42. The molecule has 1 aliphatic rings. The van der Waals surface area contributed by atoms with Crippen LogP contribution in [0.5, 0.6) is 0 Å². The molecular formula is C14H24ClN3O2S. The summed E-state index contributed by atoms with van der Waals surface area (Å²) < 4.78 is 24.9. The van der Waals surface area contributed by atoms with Gasteiger partial charge in [-0.1, -0.05) is 32.4 Å². The average Bonchev–Trinajstić information content (AvgIpc) is 2.81. The van der Waals surface area contributed by atoms with E-state index in [0.717, 1.165) is 17.8 Å². The zero-order valence-corrected chi connectivity index (χ0v) is 14.7. The van der Waals surface area contributed by atoms with Gasteiger partial charge in [0.25, 0.3) is 0 Å². The van der Waals surface area contributed by atoms with Gasteiger partial charge in [0.05, 0.1) is 23.2 Å². The van der Waals surface area contributed by atoms with Gasteiger partial charge >= 0.3 is 0 Å². The van der Waals surface area contributed by atoms with Crippen LogP contribution in [0.4, 0.5) is 0 Å². The highest BCUT2D eigenvalue weighted by atomic mass is 35.5. The highest BCUT2D eigenvalue weighted by Gasteiger charge is 2.32. The zero-order valence-electron chi connectivity index (χ0n) is 13.1. The van der Waals surface area contributed by atoms with Crippen molar-refractivity contribution < 1.29 is 8.42 Å². The van der Waals surface area contributed by atoms with Crippen molar-refractivity contribution in [1.29, 1.82) is 0 Å². The normalized spacial score (nSPS) is 21.9. The van der Waals surface area contributed by atoms with Gasteiger partial charge in [0, 0.05) is 18.7 Å². The summed E-state index contributed by atoms with van der Waals surface area (Å²) in [7, 11) is -2.94. The van der Waals surface area contributed by atoms with E-state index in [4.69, 9.17) is 11.6 Å². The molecule has 0 aliphatic carbocycles. The molecule has 1 saturated heterocycles. The molecule has 0 saturated carbocycles. The van der Waals surface area contributed by atoms with Crippen molar-refractivity contribution in [2.45, 2.75) is 46.7 Å². The molecule has 0 bridgehead atoms. The van der Waals surface area contributed by atoms with E-state index < -0.39 is 9.84 Å². The summed E-state index contributed by atoms with van der Waals surface area (Å²) in [6.07, 6.45) is 0.595. The van der Waals surface area contributed by atoms with Gasteiger partial charge in [-0.3, -0.25) is 0 Å². The molecule has 5 nitrogen and oxygen atoms in total. The summed E-state index contributed by atoms with van der Waals surface area (Å²) in [5, 5.41) is 8.41. The fraction of sp³-hybridized carbons (Fsp3) is 0.786. The van der Waals surface area contributed by atoms with Crippen molar-refractivity contribution in [3.63, 3.8) is 0 Å². The van der Waals surface area contributed by atoms with E-state index in [1.807, 2.05) is 6.92 Å². The molecule has 1 unspecified atom stereocenters. The molecule has 7 heteroatoms. The second-order valence-electron chi connectivity index (χ2n) is 7.02. The van der Waals surface area contributed by atoms with Crippen LogP contribution in [0.3, 0.4) is 0 Å². The van der Waals surface area contributed by atoms with E-state index in [9.17, 15) is 8.42 Å². The van der Waals surface area contributed by atoms with E-state index in [-0.39, 0.29) is 23.0 Å². The SMILES string of the molecule is Cc1nn(C2CCS(=O)(=O)C2)c(Cl)c1CNCC(C)(C)C. The number of hydrogen-bond donors (Lipinski definition) is 1. The minimum absolute atomic E-state index is 0.127. The maximum absolute atomic E-state index is 11.6. The molecule has 2 heterocycles. The molecule has 120 valence electrons. The lowest BCUT2D eigenvalue weighted by atomic mass is 9.97. The highest BCUT2D eigenvalue weighted by molar-refractivity contribution is 7.91. The first-order chi connectivity index (χ1) is 9.59. The third-order valence-electron chi connectivity index (χ3n) is 3.66. The molecule has 0 aromatic carbocycles. The summed E-state index contributed by atoms with van der Waals surface area (Å²) in [4.78, 5) is 0. The predicted octanol–water partition coefficient (Wildman–Crippen LogP) is 2.34. The van der Waals surface area contributed by atoms with Gasteiger partial charge < -0.3 is 5.32 Å². The Labute approximate surface area is 132 Å². The van der Waals surface area contributed by atoms with E-state index in [2.05, 4.69) is 31.2 Å². The monoisotopic (exact) mass is 333 g/mol. The Bertz CT molecular complexity index is 617. The third-order valence-corrected chi connectivity index (χ3v) is 5.81. The second kappa shape index (κ2) is 5.89. The lowest BCUT2D eigenvalue weighted by molar-refractivity contribution is 0.379. The molecule has 1 fully saturated rings. The standard InChI is InChI=1S/C14H24ClN3O2S/c1-10-12(7-16-9-14(2,3)4)13(15)18(17-10)11-5-6-21(19,20)8-11/h11,16H,5-9H2,1-4H3. The van der Waals surface area contributed by atoms with Crippen LogP contribution in [0.15, 0.2) is 0 Å². The van der Waals surface area contributed by atoms with Crippen LogP contribution in [0, 0.1) is 12.3 Å². The van der Waals surface area contributed by atoms with Crippen LogP contribution < -0.4 is 5.32 Å². The van der Waals surface area contributed by atoms with E-state index >= 15 is 0 Å². The number of halogens is 1. The molecular weight excluding hydrogens is 310 g/mol. The first-order valence-corrected chi connectivity index (χ1v) is 9.44. The van der Waals surface area contributed by atoms with Crippen LogP contribution in [-0.4, -0.2) is 36.2 Å². The van der Waals surface area contributed by atoms with Gasteiger partial charge in [-0.05, 0) is 18.8 Å². The van der Waals surface area contributed by atoms with Crippen LogP contribution in [0.1, 0.15) is 44.5 Å². The Morgan fingerprint density at radius 3 is 2.62 bits per heavy atom. The van der Waals surface area contributed by atoms with Crippen LogP contribution in [0.2, 0.25) is 5.15 Å². The largest absolute Gasteiger partial charge is 0.312 e. The summed E-state index contributed by atoms with van der Waals surface area (Å²) in [5.74, 6) is 0.368. The van der Waals surface area contributed by atoms with Gasteiger partial charge in [-0.25, -0.2) is 13.1 Å². The first kappa shape index (κ1) is 16.8. The topological polar surface area (TPSA) is 64.0 Å². The number of aromatic nitrogens is 2. The Morgan fingerprint density at radius 1 is 1.43 bits per heavy atom. The van der Waals surface area contributed by atoms with Crippen LogP contribution in [0.25, 0.3) is 0 Å². The second-order valence-corrected chi connectivity index (χ2v) is 9.61. The van der Waals surface area contributed by atoms with Crippen LogP contribution >= 0.6 is 11.6 Å². The fourth-order valence-electron chi connectivity index (χ4n) is 2.53. The number of rotatable bonds is 4. The predicted molar refractivity (Wildman–Crippen MR) is 85.4 cm³/mol. The van der Waals surface area contributed by atoms with Gasteiger partial charge in [0.15, 0.2) is 9.84 Å². The van der Waals surface area contributed by atoms with Crippen molar-refractivity contribution in [2.24, 2.45) is 5.41 Å². The fourth-order valence-corrected chi connectivity index (χ4v) is 4.60. The van der Waals surface area contributed by atoms with Crippen molar-refractivity contribution >= 4 is 21.4 Å². The molecule has 21 heavy (non-hydrogen) atoms. The van der Waals surface area contributed by atoms with Gasteiger partial charge in [-0.2, -0.15) is 5.10 Å². The Kier molecular flexibility index (Phi) is 4.71. The number of nitrogens with zero attached hydrogens (tertiary/aromatic N) is 2. The third kappa shape index (κ3) is 4.20. The van der Waals surface area contributed by atoms with Crippen molar-refractivity contribution in [3.8, 4) is 0 Å². The van der Waals surface area contributed by atoms with Crippen molar-refractivity contribution in [2.75, 3.05) is 18.1 Å². The molecule has 1 atom stereocenters. The Balaban J connectivity index is 2.11. The maximum atomic E-state index is 11.6. The molecule has 0 spiro atoms. The lowest BCUT2D eigenvalue weighted by Crippen LogP contribution is -2.26. The summed E-state index contributed by atoms with van der Waals surface area (Å²) in [5.41, 5.74) is 2.03. The smallest absolute Gasteiger partial charge is 0.152 e. The quantitative estimate of drug-likeness (QED) is 0.918. The molecule has 0 amide bonds. The summed E-state index contributed by atoms with van der Waals surface area (Å²) in [6.45, 7) is 9.96. The first-order valence-electron chi connectivity index (χ1n) is 7.24. The zero-order chi connectivity index (χ0) is 15.8. The number of sulfone groups is 1. The van der Waals surface area contributed by atoms with Gasteiger partial charge in [-0.15, -0.1) is 0 Å². The molecule has 1 aliphatic heterocycles. The van der Waals surface area contributed by atoms with E-state index in [1.54, 1.807) is 4.68 Å². The Morgan fingerprint density at radius 2 is 2.10 bits per heavy atom. The molecule has 0 radical (unpaired) electrons. The minimum Gasteiger partial charge on any atom is -0.312 e. The van der Waals surface area contributed by atoms with Crippen molar-refractivity contribution in [3.05, 3.63) is 16.4 Å². The molecule has 1 aromatic rings. The van der Waals surface area contributed by atoms with E-state index in [1.165, 1.54) is 0 Å². The lowest BCUT2D eigenvalue weighted by Gasteiger charge is -2.18. The molecule has 1 aromatic heterocycles. The summed E-state index contributed by atoms with van der Waals surface area (Å²) in [6, 6.07) is -0.127. The van der Waals surface area contributed by atoms with Crippen molar-refractivity contribution in [1.82, 2.24) is 15.1 Å². The Hall–Kier alpha value is -0.590. The highest BCUT2D eigenvalue weighted by Crippen LogP contribution is 2.29. The molecule has 1 N–H and O–H groups in total. The van der Waals surface area contributed by atoms with Gasteiger partial charge in [0.2, 0.25) is 0 Å². The van der Waals surface area contributed by atoms with Gasteiger partial charge in [0.1, 0.15) is 5.15 Å².